The zero-order chi connectivity index (χ0) is 21.2. The van der Waals surface area contributed by atoms with E-state index in [2.05, 4.69) is 20.5 Å². The van der Waals surface area contributed by atoms with Gasteiger partial charge in [0.25, 0.3) is 0 Å². The van der Waals surface area contributed by atoms with Gasteiger partial charge in [-0.2, -0.15) is 0 Å². The Morgan fingerprint density at radius 1 is 1.20 bits per heavy atom. The number of aryl methyl sites for hydroxylation is 2. The number of aromatic nitrogens is 1. The SMILES string of the molecule is CN(C)C(=O)CN=C(NCCCN1CCOCC1)NCCc1nc2c(s1)CCCC2. The summed E-state index contributed by atoms with van der Waals surface area (Å²) in [5.74, 6) is 0.700. The highest BCUT2D eigenvalue weighted by atomic mass is 32.1. The van der Waals surface area contributed by atoms with Crippen molar-refractivity contribution in [1.29, 1.82) is 0 Å². The van der Waals surface area contributed by atoms with Crippen molar-refractivity contribution < 1.29 is 9.53 Å². The molecule has 1 aromatic heterocycles. The Hall–Kier alpha value is -1.71. The summed E-state index contributed by atoms with van der Waals surface area (Å²) in [6, 6.07) is 0. The Morgan fingerprint density at radius 2 is 1.97 bits per heavy atom. The van der Waals surface area contributed by atoms with Crippen LogP contribution in [-0.2, 0) is 28.8 Å². The van der Waals surface area contributed by atoms with Gasteiger partial charge in [-0.15, -0.1) is 11.3 Å². The first-order valence-electron chi connectivity index (χ1n) is 11.1. The predicted molar refractivity (Wildman–Crippen MR) is 121 cm³/mol. The van der Waals surface area contributed by atoms with Crippen LogP contribution >= 0.6 is 11.3 Å². The Bertz CT molecular complexity index is 676. The quantitative estimate of drug-likeness (QED) is 0.340. The average molecular weight is 437 g/mol. The summed E-state index contributed by atoms with van der Waals surface area (Å²) in [5, 5.41) is 7.96. The van der Waals surface area contributed by atoms with Crippen LogP contribution in [0.5, 0.6) is 0 Å². The van der Waals surface area contributed by atoms with E-state index in [4.69, 9.17) is 9.72 Å². The Balaban J connectivity index is 1.44. The number of hydrogen-bond acceptors (Lipinski definition) is 6. The number of ether oxygens (including phenoxy) is 1. The van der Waals surface area contributed by atoms with Crippen LogP contribution in [0.15, 0.2) is 4.99 Å². The van der Waals surface area contributed by atoms with Gasteiger partial charge < -0.3 is 20.3 Å². The van der Waals surface area contributed by atoms with Crippen molar-refractivity contribution in [3.05, 3.63) is 15.6 Å². The van der Waals surface area contributed by atoms with Crippen molar-refractivity contribution in [3.8, 4) is 0 Å². The van der Waals surface area contributed by atoms with Crippen molar-refractivity contribution in [2.75, 3.05) is 66.6 Å². The van der Waals surface area contributed by atoms with E-state index < -0.39 is 0 Å². The molecule has 1 fully saturated rings. The highest BCUT2D eigenvalue weighted by Crippen LogP contribution is 2.26. The fourth-order valence-corrected chi connectivity index (χ4v) is 4.75. The molecule has 0 saturated carbocycles. The number of guanidine groups is 1. The molecule has 0 radical (unpaired) electrons. The van der Waals surface area contributed by atoms with Crippen LogP contribution in [0, 0.1) is 0 Å². The number of rotatable bonds is 9. The molecular weight excluding hydrogens is 400 g/mol. The highest BCUT2D eigenvalue weighted by Gasteiger charge is 2.15. The van der Waals surface area contributed by atoms with Gasteiger partial charge in [0, 0.05) is 51.6 Å². The third kappa shape index (κ3) is 7.52. The van der Waals surface area contributed by atoms with Crippen LogP contribution in [0.25, 0.3) is 0 Å². The van der Waals surface area contributed by atoms with E-state index in [1.54, 1.807) is 19.0 Å². The second-order valence-corrected chi connectivity index (χ2v) is 9.22. The number of fused-ring (bicyclic) bond motifs is 1. The van der Waals surface area contributed by atoms with Crippen molar-refractivity contribution >= 4 is 23.2 Å². The smallest absolute Gasteiger partial charge is 0.243 e. The van der Waals surface area contributed by atoms with Crippen LogP contribution in [0.1, 0.15) is 34.8 Å². The monoisotopic (exact) mass is 436 g/mol. The van der Waals surface area contributed by atoms with Crippen LogP contribution in [0.2, 0.25) is 0 Å². The third-order valence-electron chi connectivity index (χ3n) is 5.44. The summed E-state index contributed by atoms with van der Waals surface area (Å²) >= 11 is 1.86. The second-order valence-electron chi connectivity index (χ2n) is 8.05. The average Bonchev–Trinajstić information content (AvgIpc) is 3.17. The summed E-state index contributed by atoms with van der Waals surface area (Å²) < 4.78 is 5.40. The summed E-state index contributed by atoms with van der Waals surface area (Å²) in [4.78, 5) is 26.7. The number of likely N-dealkylation sites (N-methyl/N-ethyl adjacent to an activating group) is 1. The molecule has 0 atom stereocenters. The number of morpholine rings is 1. The number of carbonyl (C=O) groups excluding carboxylic acids is 1. The van der Waals surface area contributed by atoms with Crippen molar-refractivity contribution in [1.82, 2.24) is 25.4 Å². The minimum Gasteiger partial charge on any atom is -0.379 e. The molecule has 1 amide bonds. The van der Waals surface area contributed by atoms with Gasteiger partial charge in [0.15, 0.2) is 5.96 Å². The van der Waals surface area contributed by atoms with Crippen LogP contribution in [0.3, 0.4) is 0 Å². The lowest BCUT2D eigenvalue weighted by atomic mass is 10.0. The van der Waals surface area contributed by atoms with E-state index in [0.29, 0.717) is 5.96 Å². The first-order chi connectivity index (χ1) is 14.6. The molecule has 2 aliphatic rings. The number of amides is 1. The van der Waals surface area contributed by atoms with Gasteiger partial charge in [0.05, 0.1) is 23.9 Å². The van der Waals surface area contributed by atoms with E-state index in [-0.39, 0.29) is 12.5 Å². The first-order valence-corrected chi connectivity index (χ1v) is 11.9. The molecular formula is C21H36N6O2S. The number of nitrogens with one attached hydrogen (secondary N) is 2. The molecule has 3 rings (SSSR count). The van der Waals surface area contributed by atoms with Gasteiger partial charge in [-0.3, -0.25) is 9.69 Å². The summed E-state index contributed by atoms with van der Waals surface area (Å²) in [5.41, 5.74) is 1.31. The largest absolute Gasteiger partial charge is 0.379 e. The molecule has 1 aliphatic heterocycles. The van der Waals surface area contributed by atoms with Crippen LogP contribution in [0.4, 0.5) is 0 Å². The molecule has 0 aromatic carbocycles. The summed E-state index contributed by atoms with van der Waals surface area (Å²) in [6.07, 6.45) is 6.78. The minimum atomic E-state index is -0.00276. The fourth-order valence-electron chi connectivity index (χ4n) is 3.60. The number of nitrogens with zero attached hydrogens (tertiary/aromatic N) is 4. The van der Waals surface area contributed by atoms with Gasteiger partial charge in [0.2, 0.25) is 5.91 Å². The van der Waals surface area contributed by atoms with Gasteiger partial charge >= 0.3 is 0 Å². The van der Waals surface area contributed by atoms with E-state index >= 15 is 0 Å². The van der Waals surface area contributed by atoms with E-state index in [1.807, 2.05) is 11.3 Å². The molecule has 2 N–H and O–H groups in total. The zero-order valence-corrected chi connectivity index (χ0v) is 19.2. The molecule has 2 heterocycles. The predicted octanol–water partition coefficient (Wildman–Crippen LogP) is 0.910. The van der Waals surface area contributed by atoms with Crippen molar-refractivity contribution in [2.45, 2.75) is 38.5 Å². The number of thiazole rings is 1. The molecule has 9 heteroatoms. The molecule has 168 valence electrons. The fraction of sp³-hybridized carbons (Fsp3) is 0.762. The van der Waals surface area contributed by atoms with Crippen LogP contribution < -0.4 is 10.6 Å². The molecule has 0 unspecified atom stereocenters. The lowest BCUT2D eigenvalue weighted by Gasteiger charge is -2.26. The van der Waals surface area contributed by atoms with E-state index in [9.17, 15) is 4.79 Å². The van der Waals surface area contributed by atoms with Gasteiger partial charge in [-0.25, -0.2) is 9.98 Å². The normalized spacial score (nSPS) is 17.5. The maximum atomic E-state index is 11.9. The number of carbonyl (C=O) groups is 1. The van der Waals surface area contributed by atoms with Gasteiger partial charge in [0.1, 0.15) is 6.54 Å². The maximum Gasteiger partial charge on any atom is 0.243 e. The topological polar surface area (TPSA) is 82.1 Å². The molecule has 1 aliphatic carbocycles. The van der Waals surface area contributed by atoms with Crippen molar-refractivity contribution in [2.24, 2.45) is 4.99 Å². The van der Waals surface area contributed by atoms with Gasteiger partial charge in [-0.05, 0) is 38.6 Å². The maximum absolute atomic E-state index is 11.9. The molecule has 0 bridgehead atoms. The Labute approximate surface area is 184 Å². The molecule has 1 saturated heterocycles. The molecule has 1 aromatic rings. The first kappa shape index (κ1) is 23.0. The lowest BCUT2D eigenvalue weighted by Crippen LogP contribution is -2.41. The summed E-state index contributed by atoms with van der Waals surface area (Å²) in [6.45, 7) is 6.46. The minimum absolute atomic E-state index is 0.00276. The molecule has 30 heavy (non-hydrogen) atoms. The number of aliphatic imine (C=N–C) groups is 1. The van der Waals surface area contributed by atoms with Crippen LogP contribution in [-0.4, -0.2) is 93.2 Å². The molecule has 8 nitrogen and oxygen atoms in total. The molecule has 0 spiro atoms. The van der Waals surface area contributed by atoms with Crippen molar-refractivity contribution in [3.63, 3.8) is 0 Å². The van der Waals surface area contributed by atoms with E-state index in [0.717, 1.165) is 65.2 Å². The second kappa shape index (κ2) is 12.2. The third-order valence-corrected chi connectivity index (χ3v) is 6.66. The Morgan fingerprint density at radius 3 is 2.73 bits per heavy atom. The standard InChI is InChI=1S/C21H36N6O2S/c1-26(2)20(28)16-24-21(22-9-5-11-27-12-14-29-15-13-27)23-10-8-19-25-17-6-3-4-7-18(17)30-19/h3-16H2,1-2H3,(H2,22,23,24). The van der Waals surface area contributed by atoms with Gasteiger partial charge in [-0.1, -0.05) is 0 Å². The highest BCUT2D eigenvalue weighted by molar-refractivity contribution is 7.11. The number of hydrogen-bond donors (Lipinski definition) is 2. The Kier molecular flexibility index (Phi) is 9.35. The zero-order valence-electron chi connectivity index (χ0n) is 18.4. The van der Waals surface area contributed by atoms with E-state index in [1.165, 1.54) is 34.8 Å². The summed E-state index contributed by atoms with van der Waals surface area (Å²) in [7, 11) is 3.51. The lowest BCUT2D eigenvalue weighted by molar-refractivity contribution is -0.127.